The molecule has 0 saturated carbocycles. The van der Waals surface area contributed by atoms with Crippen LogP contribution in [0.1, 0.15) is 27.2 Å². The first-order valence-electron chi connectivity index (χ1n) is 7.88. The van der Waals surface area contributed by atoms with Crippen LogP contribution in [0.4, 0.5) is 10.5 Å². The third-order valence-electron chi connectivity index (χ3n) is 3.14. The van der Waals surface area contributed by atoms with Crippen molar-refractivity contribution in [2.45, 2.75) is 38.8 Å². The molecule has 0 spiro atoms. The largest absolute Gasteiger partial charge is 0.444 e. The molecule has 0 saturated heterocycles. The summed E-state index contributed by atoms with van der Waals surface area (Å²) in [6.45, 7) is 5.24. The van der Waals surface area contributed by atoms with E-state index in [1.165, 1.54) is 4.90 Å². The number of hydrogen-bond acceptors (Lipinski definition) is 4. The number of alkyl halides is 1. The summed E-state index contributed by atoms with van der Waals surface area (Å²) in [7, 11) is 0. The van der Waals surface area contributed by atoms with E-state index in [0.717, 1.165) is 0 Å². The minimum absolute atomic E-state index is 0.131. The summed E-state index contributed by atoms with van der Waals surface area (Å²) in [5.41, 5.74) is -0.0843. The molecule has 0 bridgehead atoms. The van der Waals surface area contributed by atoms with Crippen molar-refractivity contribution < 1.29 is 19.4 Å². The van der Waals surface area contributed by atoms with Gasteiger partial charge in [-0.3, -0.25) is 4.79 Å². The number of benzene rings is 1. The Morgan fingerprint density at radius 1 is 1.36 bits per heavy atom. The topological polar surface area (TPSA) is 78.9 Å². The van der Waals surface area contributed by atoms with Crippen LogP contribution in [0.3, 0.4) is 0 Å². The zero-order valence-corrected chi connectivity index (χ0v) is 16.1. The van der Waals surface area contributed by atoms with Crippen LogP contribution in [0.25, 0.3) is 0 Å². The molecule has 8 heteroatoms. The van der Waals surface area contributed by atoms with Gasteiger partial charge in [0.2, 0.25) is 5.91 Å². The average Bonchev–Trinajstić information content (AvgIpc) is 2.50. The molecule has 0 aromatic heterocycles. The number of nitrogens with zero attached hydrogens (tertiary/aromatic N) is 1. The van der Waals surface area contributed by atoms with Gasteiger partial charge in [0, 0.05) is 23.9 Å². The SMILES string of the molecule is CC(C)(C)OC(=O)N[C@@H](CCO)CN(C(=O)CCl)c1cccc(Cl)c1. The molecule has 140 valence electrons. The monoisotopic (exact) mass is 390 g/mol. The fourth-order valence-corrected chi connectivity index (χ4v) is 2.46. The Bertz CT molecular complexity index is 590. The van der Waals surface area contributed by atoms with Crippen molar-refractivity contribution in [2.24, 2.45) is 0 Å². The fourth-order valence-electron chi connectivity index (χ4n) is 2.13. The van der Waals surface area contributed by atoms with Crippen LogP contribution >= 0.6 is 23.2 Å². The van der Waals surface area contributed by atoms with Gasteiger partial charge in [0.25, 0.3) is 0 Å². The molecule has 2 amide bonds. The van der Waals surface area contributed by atoms with Crippen molar-refractivity contribution in [1.82, 2.24) is 5.32 Å². The van der Waals surface area contributed by atoms with Crippen molar-refractivity contribution in [1.29, 1.82) is 0 Å². The molecule has 1 rings (SSSR count). The average molecular weight is 391 g/mol. The predicted molar refractivity (Wildman–Crippen MR) is 99.4 cm³/mol. The number of hydrogen-bond donors (Lipinski definition) is 2. The molecule has 0 aliphatic rings. The molecule has 0 aliphatic heterocycles. The molecule has 0 radical (unpaired) electrons. The van der Waals surface area contributed by atoms with Gasteiger partial charge in [-0.15, -0.1) is 11.6 Å². The van der Waals surface area contributed by atoms with E-state index < -0.39 is 17.7 Å². The van der Waals surface area contributed by atoms with Gasteiger partial charge in [-0.1, -0.05) is 17.7 Å². The van der Waals surface area contributed by atoms with Gasteiger partial charge in [-0.2, -0.15) is 0 Å². The van der Waals surface area contributed by atoms with E-state index in [2.05, 4.69) is 5.32 Å². The van der Waals surface area contributed by atoms with Gasteiger partial charge in [0.1, 0.15) is 11.5 Å². The molecule has 2 N–H and O–H groups in total. The van der Waals surface area contributed by atoms with E-state index in [4.69, 9.17) is 27.9 Å². The third-order valence-corrected chi connectivity index (χ3v) is 3.60. The summed E-state index contributed by atoms with van der Waals surface area (Å²) in [5, 5.41) is 12.4. The van der Waals surface area contributed by atoms with Crippen molar-refractivity contribution in [3.8, 4) is 0 Å². The molecule has 0 fully saturated rings. The van der Waals surface area contributed by atoms with Crippen LogP contribution in [0.5, 0.6) is 0 Å². The highest BCUT2D eigenvalue weighted by molar-refractivity contribution is 6.31. The molecule has 1 atom stereocenters. The second-order valence-corrected chi connectivity index (χ2v) is 7.18. The van der Waals surface area contributed by atoms with E-state index in [1.807, 2.05) is 0 Å². The van der Waals surface area contributed by atoms with E-state index in [9.17, 15) is 14.7 Å². The molecule has 0 aliphatic carbocycles. The quantitative estimate of drug-likeness (QED) is 0.700. The van der Waals surface area contributed by atoms with Crippen molar-refractivity contribution in [2.75, 3.05) is 23.9 Å². The molecular weight excluding hydrogens is 367 g/mol. The van der Waals surface area contributed by atoms with E-state index >= 15 is 0 Å². The lowest BCUT2D eigenvalue weighted by atomic mass is 10.1. The normalized spacial score (nSPS) is 12.4. The number of anilines is 1. The standard InChI is InChI=1S/C17H24Cl2N2O4/c1-17(2,3)25-16(24)20-13(7-8-22)11-21(15(23)10-18)14-6-4-5-12(19)9-14/h4-6,9,13,22H,7-8,10-11H2,1-3H3,(H,20,24)/t13-/m0/s1. The minimum Gasteiger partial charge on any atom is -0.444 e. The fraction of sp³-hybridized carbons (Fsp3) is 0.529. The first-order valence-corrected chi connectivity index (χ1v) is 8.79. The third kappa shape index (κ3) is 7.94. The van der Waals surface area contributed by atoms with Gasteiger partial charge in [0.15, 0.2) is 0 Å². The molecule has 0 unspecified atom stereocenters. The lowest BCUT2D eigenvalue weighted by Crippen LogP contribution is -2.48. The van der Waals surface area contributed by atoms with Gasteiger partial charge < -0.3 is 20.1 Å². The van der Waals surface area contributed by atoms with E-state index in [1.54, 1.807) is 45.0 Å². The number of carbonyl (C=O) groups is 2. The molecule has 1 aromatic rings. The van der Waals surface area contributed by atoms with Crippen LogP contribution in [-0.4, -0.2) is 47.8 Å². The Morgan fingerprint density at radius 3 is 2.56 bits per heavy atom. The number of nitrogens with one attached hydrogen (secondary N) is 1. The summed E-state index contributed by atoms with van der Waals surface area (Å²) in [5.74, 6) is -0.553. The number of rotatable bonds is 7. The summed E-state index contributed by atoms with van der Waals surface area (Å²) in [4.78, 5) is 25.6. The number of alkyl carbamates (subject to hydrolysis) is 1. The Balaban J connectivity index is 2.93. The Morgan fingerprint density at radius 2 is 2.04 bits per heavy atom. The zero-order valence-electron chi connectivity index (χ0n) is 14.6. The summed E-state index contributed by atoms with van der Waals surface area (Å²) in [6.07, 6.45) is -0.360. The molecule has 1 aromatic carbocycles. The second kappa shape index (κ2) is 9.85. The molecule has 25 heavy (non-hydrogen) atoms. The maximum absolute atomic E-state index is 12.2. The van der Waals surface area contributed by atoms with Gasteiger partial charge in [0.05, 0.1) is 6.04 Å². The lowest BCUT2D eigenvalue weighted by Gasteiger charge is -2.29. The maximum Gasteiger partial charge on any atom is 0.407 e. The number of ether oxygens (including phenoxy) is 1. The van der Waals surface area contributed by atoms with Gasteiger partial charge >= 0.3 is 6.09 Å². The molecule has 0 heterocycles. The van der Waals surface area contributed by atoms with Crippen LogP contribution in [0.2, 0.25) is 5.02 Å². The highest BCUT2D eigenvalue weighted by Gasteiger charge is 2.24. The predicted octanol–water partition coefficient (Wildman–Crippen LogP) is 3.19. The summed E-state index contributed by atoms with van der Waals surface area (Å²) < 4.78 is 5.23. The van der Waals surface area contributed by atoms with Crippen molar-refractivity contribution >= 4 is 40.9 Å². The highest BCUT2D eigenvalue weighted by Crippen LogP contribution is 2.21. The Labute approximate surface area is 158 Å². The Kier molecular flexibility index (Phi) is 8.48. The zero-order chi connectivity index (χ0) is 19.0. The molecule has 6 nitrogen and oxygen atoms in total. The van der Waals surface area contributed by atoms with Crippen LogP contribution in [0, 0.1) is 0 Å². The summed E-state index contributed by atoms with van der Waals surface area (Å²) in [6, 6.07) is 6.26. The number of halogens is 2. The van der Waals surface area contributed by atoms with E-state index in [-0.39, 0.29) is 31.4 Å². The number of carbonyl (C=O) groups excluding carboxylic acids is 2. The van der Waals surface area contributed by atoms with E-state index in [0.29, 0.717) is 10.7 Å². The minimum atomic E-state index is -0.646. The first-order chi connectivity index (χ1) is 11.7. The van der Waals surface area contributed by atoms with Gasteiger partial charge in [-0.25, -0.2) is 4.79 Å². The second-order valence-electron chi connectivity index (χ2n) is 6.47. The number of aliphatic hydroxyl groups is 1. The van der Waals surface area contributed by atoms with Crippen molar-refractivity contribution in [3.05, 3.63) is 29.3 Å². The smallest absolute Gasteiger partial charge is 0.407 e. The summed E-state index contributed by atoms with van der Waals surface area (Å²) >= 11 is 11.7. The maximum atomic E-state index is 12.2. The highest BCUT2D eigenvalue weighted by atomic mass is 35.5. The van der Waals surface area contributed by atoms with Crippen LogP contribution in [0.15, 0.2) is 24.3 Å². The first kappa shape index (κ1) is 21.5. The number of aliphatic hydroxyl groups excluding tert-OH is 1. The number of amides is 2. The van der Waals surface area contributed by atoms with Gasteiger partial charge in [-0.05, 0) is 45.4 Å². The van der Waals surface area contributed by atoms with Crippen LogP contribution < -0.4 is 10.2 Å². The lowest BCUT2D eigenvalue weighted by molar-refractivity contribution is -0.116. The molecular formula is C17H24Cl2N2O4. The Hall–Kier alpha value is -1.50. The van der Waals surface area contributed by atoms with Crippen LogP contribution in [-0.2, 0) is 9.53 Å². The van der Waals surface area contributed by atoms with Crippen molar-refractivity contribution in [3.63, 3.8) is 0 Å².